The lowest BCUT2D eigenvalue weighted by molar-refractivity contribution is 0.398. The summed E-state index contributed by atoms with van der Waals surface area (Å²) in [5, 5.41) is 10.1. The molecule has 0 amide bonds. The number of nitrogens with one attached hydrogen (secondary N) is 2. The monoisotopic (exact) mass is 232 g/mol. The van der Waals surface area contributed by atoms with Crippen LogP contribution in [0.1, 0.15) is 31.1 Å². The zero-order valence-electron chi connectivity index (χ0n) is 6.79. The Morgan fingerprint density at radius 2 is 2.33 bits per heavy atom. The molecular weight excluding hydrogens is 220 g/mol. The predicted molar refractivity (Wildman–Crippen MR) is 51.3 cm³/mol. The summed E-state index contributed by atoms with van der Waals surface area (Å²) in [4.78, 5) is 4.11. The predicted octanol–water partition coefficient (Wildman–Crippen LogP) is 1.20. The van der Waals surface area contributed by atoms with E-state index < -0.39 is 0 Å². The van der Waals surface area contributed by atoms with Gasteiger partial charge in [0.05, 0.1) is 6.04 Å². The summed E-state index contributed by atoms with van der Waals surface area (Å²) in [7, 11) is 0. The summed E-state index contributed by atoms with van der Waals surface area (Å²) in [5.41, 5.74) is 0. The smallest absolute Gasteiger partial charge is 0.141 e. The van der Waals surface area contributed by atoms with Crippen molar-refractivity contribution in [3.05, 3.63) is 12.2 Å². The van der Waals surface area contributed by atoms with Crippen LogP contribution in [0.15, 0.2) is 6.33 Å². The molecule has 0 saturated carbocycles. The first kappa shape index (κ1) is 9.67. The molecule has 1 aliphatic rings. The molecule has 68 valence electrons. The van der Waals surface area contributed by atoms with Crippen LogP contribution in [-0.2, 0) is 0 Å². The van der Waals surface area contributed by atoms with E-state index in [2.05, 4.69) is 20.5 Å². The van der Waals surface area contributed by atoms with Crippen LogP contribution in [0.3, 0.4) is 0 Å². The molecule has 2 rings (SSSR count). The summed E-state index contributed by atoms with van der Waals surface area (Å²) in [6, 6.07) is 0.409. The van der Waals surface area contributed by atoms with Crippen molar-refractivity contribution in [2.45, 2.75) is 25.3 Å². The van der Waals surface area contributed by atoms with Crippen molar-refractivity contribution in [1.29, 1.82) is 0 Å². The van der Waals surface area contributed by atoms with Gasteiger partial charge in [-0.3, -0.25) is 5.10 Å². The van der Waals surface area contributed by atoms with Crippen LogP contribution < -0.4 is 5.32 Å². The van der Waals surface area contributed by atoms with E-state index in [1.165, 1.54) is 19.3 Å². The van der Waals surface area contributed by atoms with Crippen LogP contribution in [0.25, 0.3) is 0 Å². The maximum absolute atomic E-state index is 4.11. The van der Waals surface area contributed by atoms with E-state index in [1.54, 1.807) is 6.33 Å². The molecule has 1 aromatic heterocycles. The topological polar surface area (TPSA) is 53.6 Å². The zero-order chi connectivity index (χ0) is 7.52. The van der Waals surface area contributed by atoms with Gasteiger partial charge >= 0.3 is 0 Å². The minimum absolute atomic E-state index is 0. The number of halogens is 1. The number of piperidine rings is 1. The number of aromatic amines is 1. The van der Waals surface area contributed by atoms with E-state index in [4.69, 9.17) is 0 Å². The highest BCUT2D eigenvalue weighted by atomic mass is 79.9. The van der Waals surface area contributed by atoms with Gasteiger partial charge in [0.1, 0.15) is 12.2 Å². The molecule has 1 saturated heterocycles. The first-order chi connectivity index (χ1) is 5.47. The molecule has 1 aliphatic heterocycles. The third-order valence-electron chi connectivity index (χ3n) is 2.07. The Balaban J connectivity index is 0.000000720. The molecule has 2 heterocycles. The summed E-state index contributed by atoms with van der Waals surface area (Å²) in [6.45, 7) is 1.10. The summed E-state index contributed by atoms with van der Waals surface area (Å²) >= 11 is 0. The second-order valence-electron chi connectivity index (χ2n) is 2.87. The average Bonchev–Trinajstić information content (AvgIpc) is 2.58. The van der Waals surface area contributed by atoms with Crippen LogP contribution in [0.5, 0.6) is 0 Å². The van der Waals surface area contributed by atoms with Crippen LogP contribution in [0.4, 0.5) is 0 Å². The molecule has 12 heavy (non-hydrogen) atoms. The first-order valence-corrected chi connectivity index (χ1v) is 4.05. The molecule has 1 aromatic rings. The van der Waals surface area contributed by atoms with Gasteiger partial charge in [-0.2, -0.15) is 5.10 Å². The third kappa shape index (κ3) is 2.04. The minimum atomic E-state index is 0. The lowest BCUT2D eigenvalue weighted by atomic mass is 10.1. The Bertz CT molecular complexity index is 205. The summed E-state index contributed by atoms with van der Waals surface area (Å²) in [5.74, 6) is 0.977. The molecular formula is C7H13BrN4. The number of aromatic nitrogens is 3. The second kappa shape index (κ2) is 4.57. The Morgan fingerprint density at radius 1 is 1.42 bits per heavy atom. The molecule has 0 unspecified atom stereocenters. The largest absolute Gasteiger partial charge is 0.307 e. The highest BCUT2D eigenvalue weighted by Gasteiger charge is 2.16. The van der Waals surface area contributed by atoms with Crippen molar-refractivity contribution < 1.29 is 0 Å². The summed E-state index contributed by atoms with van der Waals surface area (Å²) in [6.07, 6.45) is 5.31. The maximum Gasteiger partial charge on any atom is 0.141 e. The average molecular weight is 233 g/mol. The van der Waals surface area contributed by atoms with Crippen molar-refractivity contribution >= 4 is 17.0 Å². The SMILES string of the molecule is Br.c1n[nH]c([C@@H]2CCCCN2)n1. The van der Waals surface area contributed by atoms with Gasteiger partial charge in [-0.1, -0.05) is 6.42 Å². The Morgan fingerprint density at radius 3 is 2.92 bits per heavy atom. The third-order valence-corrected chi connectivity index (χ3v) is 2.07. The van der Waals surface area contributed by atoms with Gasteiger partial charge in [0.2, 0.25) is 0 Å². The van der Waals surface area contributed by atoms with E-state index >= 15 is 0 Å². The fourth-order valence-electron chi connectivity index (χ4n) is 1.47. The molecule has 1 fully saturated rings. The molecule has 1 atom stereocenters. The normalized spacial score (nSPS) is 23.2. The molecule has 0 aliphatic carbocycles. The summed E-state index contributed by atoms with van der Waals surface area (Å²) < 4.78 is 0. The van der Waals surface area contributed by atoms with Gasteiger partial charge in [-0.15, -0.1) is 17.0 Å². The fraction of sp³-hybridized carbons (Fsp3) is 0.714. The molecule has 5 heteroatoms. The number of hydrogen-bond donors (Lipinski definition) is 2. The molecule has 4 nitrogen and oxygen atoms in total. The Labute approximate surface area is 81.9 Å². The Kier molecular flexibility index (Phi) is 3.68. The van der Waals surface area contributed by atoms with E-state index in [0.29, 0.717) is 6.04 Å². The van der Waals surface area contributed by atoms with Crippen molar-refractivity contribution in [2.75, 3.05) is 6.54 Å². The van der Waals surface area contributed by atoms with E-state index in [-0.39, 0.29) is 17.0 Å². The highest BCUT2D eigenvalue weighted by molar-refractivity contribution is 8.93. The van der Waals surface area contributed by atoms with Gasteiger partial charge in [0.25, 0.3) is 0 Å². The molecule has 0 bridgehead atoms. The standard InChI is InChI=1S/C7H12N4.BrH/c1-2-4-8-6(3-1)7-9-5-10-11-7;/h5-6,8H,1-4H2,(H,9,10,11);1H/t6-;/m0./s1. The molecule has 0 spiro atoms. The lowest BCUT2D eigenvalue weighted by Gasteiger charge is -2.20. The zero-order valence-corrected chi connectivity index (χ0v) is 8.50. The van der Waals surface area contributed by atoms with Gasteiger partial charge in [0.15, 0.2) is 0 Å². The van der Waals surface area contributed by atoms with E-state index in [0.717, 1.165) is 12.4 Å². The van der Waals surface area contributed by atoms with Crippen LogP contribution in [0, 0.1) is 0 Å². The Hall–Kier alpha value is -0.420. The molecule has 0 radical (unpaired) electrons. The van der Waals surface area contributed by atoms with Gasteiger partial charge in [-0.25, -0.2) is 4.98 Å². The van der Waals surface area contributed by atoms with Crippen molar-refractivity contribution in [2.24, 2.45) is 0 Å². The van der Waals surface area contributed by atoms with Gasteiger partial charge < -0.3 is 5.32 Å². The van der Waals surface area contributed by atoms with Crippen LogP contribution >= 0.6 is 17.0 Å². The van der Waals surface area contributed by atoms with E-state index in [1.807, 2.05) is 0 Å². The second-order valence-corrected chi connectivity index (χ2v) is 2.87. The number of nitrogens with zero attached hydrogens (tertiary/aromatic N) is 2. The highest BCUT2D eigenvalue weighted by Crippen LogP contribution is 2.18. The molecule has 2 N–H and O–H groups in total. The van der Waals surface area contributed by atoms with Crippen molar-refractivity contribution in [3.8, 4) is 0 Å². The quantitative estimate of drug-likeness (QED) is 0.766. The number of hydrogen-bond acceptors (Lipinski definition) is 3. The van der Waals surface area contributed by atoms with Crippen LogP contribution in [0.2, 0.25) is 0 Å². The number of H-pyrrole nitrogens is 1. The van der Waals surface area contributed by atoms with Crippen molar-refractivity contribution in [3.63, 3.8) is 0 Å². The van der Waals surface area contributed by atoms with Gasteiger partial charge in [0, 0.05) is 0 Å². The first-order valence-electron chi connectivity index (χ1n) is 4.05. The van der Waals surface area contributed by atoms with Crippen molar-refractivity contribution in [1.82, 2.24) is 20.5 Å². The fourth-order valence-corrected chi connectivity index (χ4v) is 1.47. The molecule has 0 aromatic carbocycles. The minimum Gasteiger partial charge on any atom is -0.307 e. The van der Waals surface area contributed by atoms with E-state index in [9.17, 15) is 0 Å². The number of rotatable bonds is 1. The van der Waals surface area contributed by atoms with Crippen LogP contribution in [-0.4, -0.2) is 21.7 Å². The maximum atomic E-state index is 4.11. The lowest BCUT2D eigenvalue weighted by Crippen LogP contribution is -2.27. The van der Waals surface area contributed by atoms with Gasteiger partial charge in [-0.05, 0) is 19.4 Å².